The van der Waals surface area contributed by atoms with Gasteiger partial charge >= 0.3 is 5.51 Å². The second-order valence-electron chi connectivity index (χ2n) is 6.37. The molecule has 1 saturated heterocycles. The molecule has 12 heteroatoms. The molecule has 1 heterocycles. The fourth-order valence-corrected chi connectivity index (χ4v) is 4.26. The Morgan fingerprint density at radius 2 is 1.96 bits per heavy atom. The van der Waals surface area contributed by atoms with Crippen molar-refractivity contribution in [1.29, 1.82) is 0 Å². The highest BCUT2D eigenvalue weighted by molar-refractivity contribution is 7.92. The number of rotatable bonds is 4. The number of fused-ring (bicyclic) bond motifs is 1. The van der Waals surface area contributed by atoms with Crippen LogP contribution in [0.1, 0.15) is 23.7 Å². The Morgan fingerprint density at radius 3 is 2.52 bits per heavy atom. The summed E-state index contributed by atoms with van der Waals surface area (Å²) < 4.78 is 95.6. The molecule has 1 aliphatic heterocycles. The molecule has 0 radical (unpaired) electrons. The maximum atomic E-state index is 14.0. The number of nitrogens with zero attached hydrogens (tertiary/aromatic N) is 1. The Bertz CT molecular complexity index is 870. The summed E-state index contributed by atoms with van der Waals surface area (Å²) in [7, 11) is -5.94. The van der Waals surface area contributed by atoms with Gasteiger partial charge in [-0.2, -0.15) is 13.2 Å². The summed E-state index contributed by atoms with van der Waals surface area (Å²) in [6, 6.07) is 1.38. The lowest BCUT2D eigenvalue weighted by atomic mass is 10.1. The zero-order valence-electron chi connectivity index (χ0n) is 13.5. The highest BCUT2D eigenvalue weighted by Gasteiger charge is 2.55. The first-order valence-electron chi connectivity index (χ1n) is 7.77. The standard InChI is InChI=1S/C15H14F5NO5S/c16-14(17)5-9-10(26-8-3-4-21(6-8)7-22)1-2-11(12(9)13(14)23)27(24,25)15(18,19)20/h1-2,7-8,13,23H,3-6H2. The number of sulfone groups is 1. The Labute approximate surface area is 150 Å². The molecule has 1 aliphatic carbocycles. The molecule has 1 amide bonds. The summed E-state index contributed by atoms with van der Waals surface area (Å²) >= 11 is 0. The molecule has 0 bridgehead atoms. The number of benzene rings is 1. The topological polar surface area (TPSA) is 83.9 Å². The summed E-state index contributed by atoms with van der Waals surface area (Å²) in [6.45, 7) is 0.509. The van der Waals surface area contributed by atoms with Crippen molar-refractivity contribution in [2.75, 3.05) is 13.1 Å². The summed E-state index contributed by atoms with van der Waals surface area (Å²) in [5, 5.41) is 9.79. The van der Waals surface area contributed by atoms with Gasteiger partial charge in [0.2, 0.25) is 6.41 Å². The molecule has 2 aliphatic rings. The van der Waals surface area contributed by atoms with Crippen molar-refractivity contribution in [3.63, 3.8) is 0 Å². The zero-order valence-corrected chi connectivity index (χ0v) is 14.4. The van der Waals surface area contributed by atoms with E-state index in [-0.39, 0.29) is 12.3 Å². The van der Waals surface area contributed by atoms with Crippen LogP contribution in [0.5, 0.6) is 5.75 Å². The highest BCUT2D eigenvalue weighted by atomic mass is 32.2. The monoisotopic (exact) mass is 415 g/mol. The lowest BCUT2D eigenvalue weighted by molar-refractivity contribution is -0.117. The van der Waals surface area contributed by atoms with Crippen LogP contribution in [0.25, 0.3) is 0 Å². The van der Waals surface area contributed by atoms with Crippen LogP contribution in [0.3, 0.4) is 0 Å². The number of carbonyl (C=O) groups is 1. The molecule has 1 aromatic rings. The number of ether oxygens (including phenoxy) is 1. The maximum absolute atomic E-state index is 14.0. The average Bonchev–Trinajstić information content (AvgIpc) is 3.10. The largest absolute Gasteiger partial charge is 0.501 e. The summed E-state index contributed by atoms with van der Waals surface area (Å²) in [4.78, 5) is 10.7. The summed E-state index contributed by atoms with van der Waals surface area (Å²) in [6.07, 6.45) is -3.52. The molecule has 1 N–H and O–H groups in total. The SMILES string of the molecule is O=CN1CCC(Oc2ccc(S(=O)(=O)C(F)(F)F)c3c2CC(F)(F)C3O)C1. The van der Waals surface area contributed by atoms with Crippen molar-refractivity contribution in [3.05, 3.63) is 23.3 Å². The lowest BCUT2D eigenvalue weighted by Gasteiger charge is -2.19. The van der Waals surface area contributed by atoms with Crippen molar-refractivity contribution in [2.24, 2.45) is 0 Å². The molecule has 6 nitrogen and oxygen atoms in total. The number of likely N-dealkylation sites (tertiary alicyclic amines) is 1. The predicted octanol–water partition coefficient (Wildman–Crippen LogP) is 1.81. The Morgan fingerprint density at radius 1 is 1.30 bits per heavy atom. The second kappa shape index (κ2) is 6.30. The van der Waals surface area contributed by atoms with Crippen LogP contribution in [0.15, 0.2) is 17.0 Å². The smallest absolute Gasteiger partial charge is 0.488 e. The van der Waals surface area contributed by atoms with E-state index in [2.05, 4.69) is 0 Å². The molecule has 2 unspecified atom stereocenters. The van der Waals surface area contributed by atoms with Crippen molar-refractivity contribution in [3.8, 4) is 5.75 Å². The minimum absolute atomic E-state index is 0.153. The molecule has 1 aromatic carbocycles. The second-order valence-corrected chi connectivity index (χ2v) is 8.28. The van der Waals surface area contributed by atoms with Gasteiger partial charge in [-0.3, -0.25) is 4.79 Å². The van der Waals surface area contributed by atoms with Gasteiger partial charge in [0.05, 0.1) is 11.4 Å². The van der Waals surface area contributed by atoms with Gasteiger partial charge in [-0.25, -0.2) is 17.2 Å². The molecule has 0 saturated carbocycles. The van der Waals surface area contributed by atoms with Gasteiger partial charge in [0, 0.05) is 30.5 Å². The van der Waals surface area contributed by atoms with Crippen LogP contribution < -0.4 is 4.74 Å². The van der Waals surface area contributed by atoms with E-state index < -0.39 is 55.9 Å². The molecule has 150 valence electrons. The normalized spacial score (nSPS) is 24.7. The van der Waals surface area contributed by atoms with Crippen molar-refractivity contribution in [1.82, 2.24) is 4.90 Å². The van der Waals surface area contributed by atoms with Gasteiger partial charge in [0.25, 0.3) is 15.8 Å². The van der Waals surface area contributed by atoms with Gasteiger partial charge < -0.3 is 14.7 Å². The zero-order chi connectivity index (χ0) is 20.2. The van der Waals surface area contributed by atoms with Gasteiger partial charge in [0.1, 0.15) is 18.0 Å². The van der Waals surface area contributed by atoms with Crippen LogP contribution in [-0.2, 0) is 21.1 Å². The van der Waals surface area contributed by atoms with Crippen LogP contribution in [0.4, 0.5) is 22.0 Å². The number of hydrogen-bond acceptors (Lipinski definition) is 5. The first kappa shape index (κ1) is 19.8. The Balaban J connectivity index is 2.07. The van der Waals surface area contributed by atoms with E-state index in [9.17, 15) is 40.3 Å². The first-order valence-corrected chi connectivity index (χ1v) is 9.26. The van der Waals surface area contributed by atoms with Gasteiger partial charge in [0.15, 0.2) is 0 Å². The number of carbonyl (C=O) groups excluding carboxylic acids is 1. The van der Waals surface area contributed by atoms with E-state index in [0.29, 0.717) is 25.4 Å². The van der Waals surface area contributed by atoms with Crippen LogP contribution in [0.2, 0.25) is 0 Å². The Hall–Kier alpha value is -1.95. The highest BCUT2D eigenvalue weighted by Crippen LogP contribution is 2.50. The van der Waals surface area contributed by atoms with E-state index in [0.717, 1.165) is 6.07 Å². The predicted molar refractivity (Wildman–Crippen MR) is 80.0 cm³/mol. The van der Waals surface area contributed by atoms with E-state index in [1.807, 2.05) is 0 Å². The molecule has 1 fully saturated rings. The van der Waals surface area contributed by atoms with Crippen LogP contribution >= 0.6 is 0 Å². The van der Waals surface area contributed by atoms with Crippen LogP contribution in [0, 0.1) is 0 Å². The number of alkyl halides is 5. The van der Waals surface area contributed by atoms with Crippen molar-refractivity contribution < 1.29 is 45.0 Å². The Kier molecular flexibility index (Phi) is 4.62. The van der Waals surface area contributed by atoms with Gasteiger partial charge in [-0.05, 0) is 12.1 Å². The molecular weight excluding hydrogens is 401 g/mol. The van der Waals surface area contributed by atoms with Gasteiger partial charge in [-0.15, -0.1) is 0 Å². The average molecular weight is 415 g/mol. The third-order valence-electron chi connectivity index (χ3n) is 4.57. The lowest BCUT2D eigenvalue weighted by Crippen LogP contribution is -2.27. The van der Waals surface area contributed by atoms with Crippen LogP contribution in [-0.4, -0.2) is 55.5 Å². The fraction of sp³-hybridized carbons (Fsp3) is 0.533. The molecular formula is C15H14F5NO5S. The number of amides is 1. The summed E-state index contributed by atoms with van der Waals surface area (Å²) in [5.41, 5.74) is -7.20. The number of halogens is 5. The molecule has 3 rings (SSSR count). The third-order valence-corrected chi connectivity index (χ3v) is 6.12. The molecule has 27 heavy (non-hydrogen) atoms. The quantitative estimate of drug-likeness (QED) is 0.599. The van der Waals surface area contributed by atoms with E-state index in [4.69, 9.17) is 4.74 Å². The maximum Gasteiger partial charge on any atom is 0.501 e. The minimum Gasteiger partial charge on any atom is -0.488 e. The van der Waals surface area contributed by atoms with Crippen molar-refractivity contribution in [2.45, 2.75) is 41.4 Å². The van der Waals surface area contributed by atoms with E-state index >= 15 is 0 Å². The fourth-order valence-electron chi connectivity index (χ4n) is 3.24. The number of hydrogen-bond donors (Lipinski definition) is 1. The minimum atomic E-state index is -5.94. The van der Waals surface area contributed by atoms with E-state index in [1.165, 1.54) is 4.90 Å². The third kappa shape index (κ3) is 3.24. The number of aliphatic hydroxyl groups is 1. The molecule has 0 aromatic heterocycles. The van der Waals surface area contributed by atoms with Crippen molar-refractivity contribution >= 4 is 16.2 Å². The van der Waals surface area contributed by atoms with Gasteiger partial charge in [-0.1, -0.05) is 0 Å². The number of aliphatic hydroxyl groups excluding tert-OH is 1. The molecule has 2 atom stereocenters. The molecule has 0 spiro atoms. The first-order chi connectivity index (χ1) is 12.4. The summed E-state index contributed by atoms with van der Waals surface area (Å²) in [5.74, 6) is -4.08. The van der Waals surface area contributed by atoms with E-state index in [1.54, 1.807) is 0 Å².